The van der Waals surface area contributed by atoms with Gasteiger partial charge in [-0.3, -0.25) is 19.8 Å². The van der Waals surface area contributed by atoms with Crippen LogP contribution < -0.4 is 5.73 Å². The lowest BCUT2D eigenvalue weighted by molar-refractivity contribution is -0.124. The lowest BCUT2D eigenvalue weighted by atomic mass is 9.84. The lowest BCUT2D eigenvalue weighted by Crippen LogP contribution is -2.41. The molecule has 0 bridgehead atoms. The SMILES string of the molecule is NC(=O)[C@H]1CCO[C@@H]1C1CCN(Cc2cn[nH]c2-c2cccnc2)CC1. The molecular formula is C19H25N5O2. The van der Waals surface area contributed by atoms with E-state index < -0.39 is 0 Å². The van der Waals surface area contributed by atoms with Crippen LogP contribution >= 0.6 is 0 Å². The highest BCUT2D eigenvalue weighted by molar-refractivity contribution is 5.77. The van der Waals surface area contributed by atoms with Gasteiger partial charge in [0.2, 0.25) is 5.91 Å². The standard InChI is InChI=1S/C19H25N5O2/c20-19(25)16-5-9-26-18(16)13-3-7-24(8-4-13)12-15-11-22-23-17(15)14-2-1-6-21-10-14/h1-2,6,10-11,13,16,18H,3-5,7-9,12H2,(H2,20,25)(H,22,23)/t16-,18+/m0/s1. The zero-order valence-corrected chi connectivity index (χ0v) is 14.8. The minimum Gasteiger partial charge on any atom is -0.377 e. The van der Waals surface area contributed by atoms with Crippen LogP contribution in [0.3, 0.4) is 0 Å². The number of nitrogens with two attached hydrogens (primary N) is 1. The summed E-state index contributed by atoms with van der Waals surface area (Å²) in [4.78, 5) is 18.2. The second-order valence-corrected chi connectivity index (χ2v) is 7.26. The summed E-state index contributed by atoms with van der Waals surface area (Å²) in [7, 11) is 0. The second-order valence-electron chi connectivity index (χ2n) is 7.26. The largest absolute Gasteiger partial charge is 0.377 e. The zero-order valence-electron chi connectivity index (χ0n) is 14.8. The number of H-pyrrole nitrogens is 1. The van der Waals surface area contributed by atoms with Crippen LogP contribution in [0.25, 0.3) is 11.3 Å². The van der Waals surface area contributed by atoms with Crippen molar-refractivity contribution in [1.29, 1.82) is 0 Å². The van der Waals surface area contributed by atoms with Crippen molar-refractivity contribution in [1.82, 2.24) is 20.1 Å². The van der Waals surface area contributed by atoms with E-state index in [0.717, 1.165) is 50.2 Å². The van der Waals surface area contributed by atoms with E-state index in [4.69, 9.17) is 10.5 Å². The molecule has 138 valence electrons. The summed E-state index contributed by atoms with van der Waals surface area (Å²) in [5.74, 6) is 0.0976. The van der Waals surface area contributed by atoms with Gasteiger partial charge in [0.25, 0.3) is 0 Å². The molecule has 0 unspecified atom stereocenters. The van der Waals surface area contributed by atoms with E-state index >= 15 is 0 Å². The minimum absolute atomic E-state index is 0.00882. The molecule has 2 aliphatic heterocycles. The van der Waals surface area contributed by atoms with Crippen molar-refractivity contribution >= 4 is 5.91 Å². The molecule has 7 heteroatoms. The molecule has 4 rings (SSSR count). The van der Waals surface area contributed by atoms with E-state index in [0.29, 0.717) is 12.5 Å². The average Bonchev–Trinajstić information content (AvgIpc) is 3.32. The van der Waals surface area contributed by atoms with Gasteiger partial charge in [-0.1, -0.05) is 0 Å². The number of rotatable bonds is 5. The Morgan fingerprint density at radius 3 is 2.88 bits per heavy atom. The van der Waals surface area contributed by atoms with Crippen LogP contribution in [-0.4, -0.2) is 51.8 Å². The normalized spacial score (nSPS) is 24.8. The van der Waals surface area contributed by atoms with Crippen LogP contribution in [0.5, 0.6) is 0 Å². The van der Waals surface area contributed by atoms with Crippen LogP contribution in [0, 0.1) is 11.8 Å². The molecule has 0 aliphatic carbocycles. The van der Waals surface area contributed by atoms with Crippen LogP contribution in [0.15, 0.2) is 30.7 Å². The Labute approximate surface area is 152 Å². The first-order valence-electron chi connectivity index (χ1n) is 9.28. The van der Waals surface area contributed by atoms with Crippen molar-refractivity contribution in [2.45, 2.75) is 31.9 Å². The van der Waals surface area contributed by atoms with E-state index in [2.05, 4.69) is 20.1 Å². The summed E-state index contributed by atoms with van der Waals surface area (Å²) in [6, 6.07) is 3.97. The topological polar surface area (TPSA) is 97.1 Å². The van der Waals surface area contributed by atoms with Gasteiger partial charge in [-0.25, -0.2) is 0 Å². The minimum atomic E-state index is -0.213. The summed E-state index contributed by atoms with van der Waals surface area (Å²) in [6.45, 7) is 3.50. The average molecular weight is 355 g/mol. The number of carbonyl (C=O) groups is 1. The Hall–Kier alpha value is -2.25. The number of ether oxygens (including phenoxy) is 1. The fourth-order valence-corrected chi connectivity index (χ4v) is 4.25. The number of amides is 1. The van der Waals surface area contributed by atoms with Gasteiger partial charge >= 0.3 is 0 Å². The summed E-state index contributed by atoms with van der Waals surface area (Å²) < 4.78 is 5.84. The number of nitrogens with one attached hydrogen (secondary N) is 1. The van der Waals surface area contributed by atoms with Gasteiger partial charge in [0.05, 0.1) is 23.9 Å². The van der Waals surface area contributed by atoms with Crippen LogP contribution in [0.4, 0.5) is 0 Å². The Kier molecular flexibility index (Phi) is 4.99. The number of aromatic nitrogens is 3. The van der Waals surface area contributed by atoms with Crippen molar-refractivity contribution in [2.75, 3.05) is 19.7 Å². The second kappa shape index (κ2) is 7.55. The zero-order chi connectivity index (χ0) is 17.9. The Morgan fingerprint density at radius 2 is 2.15 bits per heavy atom. The third-order valence-corrected chi connectivity index (χ3v) is 5.66. The maximum Gasteiger partial charge on any atom is 0.223 e. The number of piperidine rings is 1. The predicted octanol–water partition coefficient (Wildman–Crippen LogP) is 1.57. The maximum atomic E-state index is 11.6. The Balaban J connectivity index is 1.37. The van der Waals surface area contributed by atoms with Gasteiger partial charge < -0.3 is 10.5 Å². The molecule has 2 atom stereocenters. The number of nitrogens with zero attached hydrogens (tertiary/aromatic N) is 3. The molecule has 0 saturated carbocycles. The van der Waals surface area contributed by atoms with E-state index in [1.165, 1.54) is 5.56 Å². The van der Waals surface area contributed by atoms with Crippen LogP contribution in [-0.2, 0) is 16.1 Å². The summed E-state index contributed by atoms with van der Waals surface area (Å²) in [6.07, 6.45) is 8.37. The van der Waals surface area contributed by atoms with Crippen molar-refractivity contribution in [3.63, 3.8) is 0 Å². The third-order valence-electron chi connectivity index (χ3n) is 5.66. The first-order chi connectivity index (χ1) is 12.7. The molecule has 0 aromatic carbocycles. The molecule has 2 aromatic heterocycles. The molecule has 7 nitrogen and oxygen atoms in total. The first kappa shape index (κ1) is 17.2. The number of primary amides is 1. The van der Waals surface area contributed by atoms with E-state index in [9.17, 15) is 4.79 Å². The molecule has 2 saturated heterocycles. The molecule has 2 aliphatic rings. The van der Waals surface area contributed by atoms with Crippen molar-refractivity contribution < 1.29 is 9.53 Å². The first-order valence-corrected chi connectivity index (χ1v) is 9.28. The Morgan fingerprint density at radius 1 is 1.31 bits per heavy atom. The highest BCUT2D eigenvalue weighted by Crippen LogP contribution is 2.33. The van der Waals surface area contributed by atoms with E-state index in [1.807, 2.05) is 24.5 Å². The Bertz CT molecular complexity index is 739. The number of hydrogen-bond acceptors (Lipinski definition) is 5. The molecule has 26 heavy (non-hydrogen) atoms. The lowest BCUT2D eigenvalue weighted by Gasteiger charge is -2.35. The van der Waals surface area contributed by atoms with Crippen molar-refractivity contribution in [2.24, 2.45) is 17.6 Å². The van der Waals surface area contributed by atoms with Gasteiger partial charge in [-0.2, -0.15) is 5.10 Å². The number of carbonyl (C=O) groups excluding carboxylic acids is 1. The molecule has 2 fully saturated rings. The number of likely N-dealkylation sites (tertiary alicyclic amines) is 1. The number of pyridine rings is 1. The molecular weight excluding hydrogens is 330 g/mol. The van der Waals surface area contributed by atoms with Crippen molar-refractivity contribution in [3.05, 3.63) is 36.3 Å². The van der Waals surface area contributed by atoms with E-state index in [-0.39, 0.29) is 17.9 Å². The fraction of sp³-hybridized carbons (Fsp3) is 0.526. The molecule has 3 N–H and O–H groups in total. The highest BCUT2D eigenvalue weighted by atomic mass is 16.5. The highest BCUT2D eigenvalue weighted by Gasteiger charge is 2.39. The molecule has 0 radical (unpaired) electrons. The summed E-state index contributed by atoms with van der Waals surface area (Å²) in [5.41, 5.74) is 8.81. The van der Waals surface area contributed by atoms with E-state index in [1.54, 1.807) is 6.20 Å². The predicted molar refractivity (Wildman–Crippen MR) is 96.9 cm³/mol. The smallest absolute Gasteiger partial charge is 0.223 e. The van der Waals surface area contributed by atoms with Crippen LogP contribution in [0.2, 0.25) is 0 Å². The molecule has 4 heterocycles. The van der Waals surface area contributed by atoms with Gasteiger partial charge in [-0.15, -0.1) is 0 Å². The molecule has 2 aromatic rings. The van der Waals surface area contributed by atoms with Gasteiger partial charge in [0.15, 0.2) is 0 Å². The number of aromatic amines is 1. The van der Waals surface area contributed by atoms with Gasteiger partial charge in [0.1, 0.15) is 0 Å². The number of hydrogen-bond donors (Lipinski definition) is 2. The monoisotopic (exact) mass is 355 g/mol. The van der Waals surface area contributed by atoms with Crippen LogP contribution in [0.1, 0.15) is 24.8 Å². The third kappa shape index (κ3) is 3.50. The summed E-state index contributed by atoms with van der Waals surface area (Å²) >= 11 is 0. The quantitative estimate of drug-likeness (QED) is 0.849. The maximum absolute atomic E-state index is 11.6. The summed E-state index contributed by atoms with van der Waals surface area (Å²) in [5, 5.41) is 7.32. The van der Waals surface area contributed by atoms with Gasteiger partial charge in [-0.05, 0) is 50.4 Å². The molecule has 0 spiro atoms. The van der Waals surface area contributed by atoms with Crippen molar-refractivity contribution in [3.8, 4) is 11.3 Å². The van der Waals surface area contributed by atoms with Gasteiger partial charge in [0, 0.05) is 36.7 Å². The molecule has 1 amide bonds. The fourth-order valence-electron chi connectivity index (χ4n) is 4.25.